The van der Waals surface area contributed by atoms with Crippen LogP contribution in [-0.2, 0) is 9.59 Å². The van der Waals surface area contributed by atoms with Gasteiger partial charge >= 0.3 is 5.97 Å². The van der Waals surface area contributed by atoms with Crippen molar-refractivity contribution in [2.45, 2.75) is 32.6 Å². The second-order valence-corrected chi connectivity index (χ2v) is 7.86. The number of carbonyl (C=O) groups is 2. The van der Waals surface area contributed by atoms with Crippen LogP contribution < -0.4 is 5.32 Å². The minimum absolute atomic E-state index is 0.0595. The molecule has 0 saturated carbocycles. The van der Waals surface area contributed by atoms with Crippen molar-refractivity contribution in [1.29, 1.82) is 0 Å². The third kappa shape index (κ3) is 8.34. The molecule has 0 spiro atoms. The molecule has 0 fully saturated rings. The highest BCUT2D eigenvalue weighted by atomic mass is 33.1. The Morgan fingerprint density at radius 3 is 2.45 bits per heavy atom. The number of aryl methyl sites for hydroxylation is 1. The summed E-state index contributed by atoms with van der Waals surface area (Å²) in [5.41, 5.74) is 2.40. The summed E-state index contributed by atoms with van der Waals surface area (Å²) in [6.45, 7) is 4.72. The summed E-state index contributed by atoms with van der Waals surface area (Å²) in [6, 6.07) is 8.27. The topological polar surface area (TPSA) is 66.4 Å². The third-order valence-electron chi connectivity index (χ3n) is 3.13. The second-order valence-electron chi connectivity index (χ2n) is 5.15. The fourth-order valence-electron chi connectivity index (χ4n) is 1.84. The molecular formula is C16H23NO3S2. The molecule has 122 valence electrons. The van der Waals surface area contributed by atoms with Crippen molar-refractivity contribution in [1.82, 2.24) is 5.32 Å². The first-order valence-corrected chi connectivity index (χ1v) is 9.77. The van der Waals surface area contributed by atoms with Crippen molar-refractivity contribution >= 4 is 33.5 Å². The summed E-state index contributed by atoms with van der Waals surface area (Å²) in [7, 11) is 3.12. The van der Waals surface area contributed by atoms with Gasteiger partial charge in [-0.2, -0.15) is 0 Å². The Kier molecular flexibility index (Phi) is 9.08. The minimum Gasteiger partial charge on any atom is -0.481 e. The van der Waals surface area contributed by atoms with Gasteiger partial charge in [-0.3, -0.25) is 9.59 Å². The Morgan fingerprint density at radius 2 is 1.82 bits per heavy atom. The van der Waals surface area contributed by atoms with Crippen LogP contribution in [0.3, 0.4) is 0 Å². The number of aliphatic carboxylic acids is 1. The van der Waals surface area contributed by atoms with Crippen molar-refractivity contribution in [2.24, 2.45) is 0 Å². The summed E-state index contributed by atoms with van der Waals surface area (Å²) in [6.07, 6.45) is 0.665. The van der Waals surface area contributed by atoms with Crippen LogP contribution in [-0.4, -0.2) is 35.0 Å². The predicted octanol–water partition coefficient (Wildman–Crippen LogP) is 3.46. The van der Waals surface area contributed by atoms with E-state index in [1.807, 2.05) is 6.92 Å². The number of benzene rings is 1. The van der Waals surface area contributed by atoms with Crippen LogP contribution in [0, 0.1) is 6.92 Å². The molecule has 6 heteroatoms. The molecule has 1 amide bonds. The first-order valence-electron chi connectivity index (χ1n) is 7.28. The largest absolute Gasteiger partial charge is 0.481 e. The lowest BCUT2D eigenvalue weighted by molar-refractivity contribution is -0.136. The van der Waals surface area contributed by atoms with Crippen molar-refractivity contribution in [2.75, 3.05) is 18.1 Å². The second kappa shape index (κ2) is 10.6. The highest BCUT2D eigenvalue weighted by molar-refractivity contribution is 8.76. The van der Waals surface area contributed by atoms with E-state index in [1.165, 1.54) is 21.9 Å². The van der Waals surface area contributed by atoms with E-state index < -0.39 is 5.97 Å². The summed E-state index contributed by atoms with van der Waals surface area (Å²) in [5.74, 6) is 0.877. The molecule has 0 heterocycles. The SMILES string of the molecule is Cc1ccc(C(C)CC(=O)NCCSSCCC(=O)O)cc1. The van der Waals surface area contributed by atoms with Crippen LogP contribution in [0.5, 0.6) is 0 Å². The quantitative estimate of drug-likeness (QED) is 0.504. The lowest BCUT2D eigenvalue weighted by Crippen LogP contribution is -2.26. The van der Waals surface area contributed by atoms with Crippen LogP contribution in [0.25, 0.3) is 0 Å². The number of amides is 1. The Morgan fingerprint density at radius 1 is 1.18 bits per heavy atom. The molecule has 0 radical (unpaired) electrons. The van der Waals surface area contributed by atoms with Gasteiger partial charge in [0.05, 0.1) is 6.42 Å². The third-order valence-corrected chi connectivity index (χ3v) is 5.54. The van der Waals surface area contributed by atoms with E-state index >= 15 is 0 Å². The number of carbonyl (C=O) groups excluding carboxylic acids is 1. The molecule has 1 unspecified atom stereocenters. The molecule has 4 nitrogen and oxygen atoms in total. The average Bonchev–Trinajstić information content (AvgIpc) is 2.46. The molecule has 0 aromatic heterocycles. The molecule has 2 N–H and O–H groups in total. The lowest BCUT2D eigenvalue weighted by Gasteiger charge is -2.12. The van der Waals surface area contributed by atoms with Crippen molar-refractivity contribution in [3.63, 3.8) is 0 Å². The van der Waals surface area contributed by atoms with Crippen LogP contribution in [0.1, 0.15) is 36.8 Å². The van der Waals surface area contributed by atoms with Crippen LogP contribution in [0.4, 0.5) is 0 Å². The fourth-order valence-corrected chi connectivity index (χ4v) is 3.73. The van der Waals surface area contributed by atoms with E-state index in [0.29, 0.717) is 18.7 Å². The first-order chi connectivity index (χ1) is 10.5. The molecule has 1 aromatic rings. The van der Waals surface area contributed by atoms with Gasteiger partial charge in [0.15, 0.2) is 0 Å². The molecule has 1 rings (SSSR count). The predicted molar refractivity (Wildman–Crippen MR) is 94.4 cm³/mol. The Balaban J connectivity index is 2.12. The van der Waals surface area contributed by atoms with Gasteiger partial charge in [0.1, 0.15) is 0 Å². The molecule has 0 aliphatic heterocycles. The zero-order valence-corrected chi connectivity index (χ0v) is 14.6. The smallest absolute Gasteiger partial charge is 0.304 e. The maximum Gasteiger partial charge on any atom is 0.304 e. The first kappa shape index (κ1) is 18.9. The molecule has 0 aliphatic carbocycles. The zero-order chi connectivity index (χ0) is 16.4. The molecule has 1 aromatic carbocycles. The van der Waals surface area contributed by atoms with E-state index in [0.717, 1.165) is 5.75 Å². The number of rotatable bonds is 10. The molecular weight excluding hydrogens is 318 g/mol. The monoisotopic (exact) mass is 341 g/mol. The van der Waals surface area contributed by atoms with Crippen LogP contribution in [0.2, 0.25) is 0 Å². The van der Waals surface area contributed by atoms with E-state index in [4.69, 9.17) is 5.11 Å². The maximum atomic E-state index is 11.9. The minimum atomic E-state index is -0.772. The summed E-state index contributed by atoms with van der Waals surface area (Å²) >= 11 is 0. The molecule has 0 saturated heterocycles. The lowest BCUT2D eigenvalue weighted by atomic mass is 9.96. The van der Waals surface area contributed by atoms with Gasteiger partial charge in [0, 0.05) is 24.5 Å². The number of carboxylic acid groups (broad SMARTS) is 1. The van der Waals surface area contributed by atoms with E-state index in [-0.39, 0.29) is 18.2 Å². The van der Waals surface area contributed by atoms with Gasteiger partial charge < -0.3 is 10.4 Å². The summed E-state index contributed by atoms with van der Waals surface area (Å²) in [4.78, 5) is 22.2. The van der Waals surface area contributed by atoms with Crippen molar-refractivity contribution in [3.05, 3.63) is 35.4 Å². The fraction of sp³-hybridized carbons (Fsp3) is 0.500. The van der Waals surface area contributed by atoms with Gasteiger partial charge in [0.25, 0.3) is 0 Å². The van der Waals surface area contributed by atoms with Gasteiger partial charge in [-0.05, 0) is 18.4 Å². The number of nitrogens with one attached hydrogen (secondary N) is 1. The van der Waals surface area contributed by atoms with Gasteiger partial charge in [-0.25, -0.2) is 0 Å². The van der Waals surface area contributed by atoms with Gasteiger partial charge in [0.2, 0.25) is 5.91 Å². The summed E-state index contributed by atoms with van der Waals surface area (Å²) < 4.78 is 0. The molecule has 0 aliphatic rings. The molecule has 22 heavy (non-hydrogen) atoms. The highest BCUT2D eigenvalue weighted by Crippen LogP contribution is 2.21. The number of carboxylic acids is 1. The Hall–Kier alpha value is -1.14. The van der Waals surface area contributed by atoms with Crippen LogP contribution in [0.15, 0.2) is 24.3 Å². The van der Waals surface area contributed by atoms with Gasteiger partial charge in [-0.1, -0.05) is 58.3 Å². The normalized spacial score (nSPS) is 11.9. The number of hydrogen-bond acceptors (Lipinski definition) is 4. The summed E-state index contributed by atoms with van der Waals surface area (Å²) in [5, 5.41) is 11.4. The van der Waals surface area contributed by atoms with Gasteiger partial charge in [-0.15, -0.1) is 0 Å². The van der Waals surface area contributed by atoms with E-state index in [9.17, 15) is 9.59 Å². The standard InChI is InChI=1S/C16H23NO3S2/c1-12-3-5-14(6-4-12)13(2)11-15(18)17-8-10-22-21-9-7-16(19)20/h3-6,13H,7-11H2,1-2H3,(H,17,18)(H,19,20). The number of hydrogen-bond donors (Lipinski definition) is 2. The Labute approximate surface area is 139 Å². The highest BCUT2D eigenvalue weighted by Gasteiger charge is 2.10. The van der Waals surface area contributed by atoms with Crippen molar-refractivity contribution < 1.29 is 14.7 Å². The average molecular weight is 341 g/mol. The molecule has 1 atom stereocenters. The Bertz CT molecular complexity index is 477. The van der Waals surface area contributed by atoms with E-state index in [2.05, 4.69) is 36.5 Å². The zero-order valence-electron chi connectivity index (χ0n) is 13.0. The molecule has 0 bridgehead atoms. The van der Waals surface area contributed by atoms with Crippen molar-refractivity contribution in [3.8, 4) is 0 Å². The van der Waals surface area contributed by atoms with Crippen LogP contribution >= 0.6 is 21.6 Å². The maximum absolute atomic E-state index is 11.9. The van der Waals surface area contributed by atoms with E-state index in [1.54, 1.807) is 10.8 Å².